The monoisotopic (exact) mass is 667 g/mol. The maximum atomic E-state index is 14.2. The molecule has 0 spiro atoms. The number of carbonyl (C=O) groups is 2. The summed E-state index contributed by atoms with van der Waals surface area (Å²) >= 11 is 14.0. The fraction of sp³-hybridized carbons (Fsp3) is 0.379. The molecule has 9 nitrogen and oxygen atoms in total. The van der Waals surface area contributed by atoms with Crippen molar-refractivity contribution in [1.29, 1.82) is 0 Å². The van der Waals surface area contributed by atoms with E-state index in [2.05, 4.69) is 10.1 Å². The summed E-state index contributed by atoms with van der Waals surface area (Å²) in [5.74, 6) is -2.22. The zero-order valence-corrected chi connectivity index (χ0v) is 24.9. The molecule has 1 saturated heterocycles. The van der Waals surface area contributed by atoms with Gasteiger partial charge in [0, 0.05) is 30.9 Å². The number of halogens is 5. The van der Waals surface area contributed by atoms with Crippen LogP contribution in [0, 0.1) is 5.92 Å². The summed E-state index contributed by atoms with van der Waals surface area (Å²) in [4.78, 5) is 32.5. The molecular formula is C29H22Cl2F3N3O6S. The Balaban J connectivity index is 1.34. The highest BCUT2D eigenvalue weighted by Crippen LogP contribution is 2.55. The average molecular weight is 668 g/mol. The highest BCUT2D eigenvalue weighted by Gasteiger charge is 2.56. The van der Waals surface area contributed by atoms with E-state index in [0.717, 1.165) is 24.2 Å². The summed E-state index contributed by atoms with van der Waals surface area (Å²) in [6.45, 7) is -1.43. The summed E-state index contributed by atoms with van der Waals surface area (Å²) in [6, 6.07) is 6.22. The van der Waals surface area contributed by atoms with E-state index in [1.54, 1.807) is 23.1 Å². The second-order valence-electron chi connectivity index (χ2n) is 11.2. The molecule has 44 heavy (non-hydrogen) atoms. The number of rotatable bonds is 8. The Hall–Kier alpha value is -3.55. The number of hydrogen-bond acceptors (Lipinski definition) is 9. The van der Waals surface area contributed by atoms with Crippen molar-refractivity contribution in [1.82, 2.24) is 10.1 Å². The fourth-order valence-electron chi connectivity index (χ4n) is 6.28. The molecule has 1 aliphatic heterocycles. The molecule has 2 aromatic carbocycles. The molecule has 2 bridgehead atoms. The molecule has 0 radical (unpaired) electrons. The third-order valence-electron chi connectivity index (χ3n) is 8.27. The van der Waals surface area contributed by atoms with Crippen LogP contribution in [0.3, 0.4) is 0 Å². The van der Waals surface area contributed by atoms with Crippen LogP contribution in [0.15, 0.2) is 34.3 Å². The largest absolute Gasteiger partial charge is 0.480 e. The minimum absolute atomic E-state index is 0.0195. The van der Waals surface area contributed by atoms with E-state index in [-0.39, 0.29) is 62.2 Å². The van der Waals surface area contributed by atoms with Crippen molar-refractivity contribution in [2.24, 2.45) is 5.92 Å². The van der Waals surface area contributed by atoms with Gasteiger partial charge in [-0.1, -0.05) is 34.4 Å². The van der Waals surface area contributed by atoms with E-state index in [1.807, 2.05) is 0 Å². The lowest BCUT2D eigenvalue weighted by Gasteiger charge is -2.40. The number of aromatic nitrogens is 2. The van der Waals surface area contributed by atoms with E-state index in [1.165, 1.54) is 11.6 Å². The Morgan fingerprint density at radius 3 is 2.61 bits per heavy atom. The first-order valence-electron chi connectivity index (χ1n) is 13.7. The normalized spacial score (nSPS) is 21.3. The third kappa shape index (κ3) is 4.94. The second kappa shape index (κ2) is 10.5. The molecule has 3 aliphatic rings. The number of carboxylic acid groups (broad SMARTS) is 1. The Bertz CT molecular complexity index is 1800. The number of piperidine rings is 1. The molecule has 3 heterocycles. The van der Waals surface area contributed by atoms with Crippen molar-refractivity contribution >= 4 is 62.4 Å². The van der Waals surface area contributed by atoms with Crippen LogP contribution in [0.1, 0.15) is 64.5 Å². The Morgan fingerprint density at radius 1 is 1.20 bits per heavy atom. The number of benzene rings is 2. The number of carbonyl (C=O) groups excluding carboxylic acids is 1. The second-order valence-corrected chi connectivity index (χ2v) is 12.9. The van der Waals surface area contributed by atoms with Gasteiger partial charge in [0.2, 0.25) is 0 Å². The predicted octanol–water partition coefficient (Wildman–Crippen LogP) is 7.95. The standard InChI is InChI=1S/C29H22Cl2F3N3O6S/c30-16-2-1-3-17(31)19(16)22-20(24(43-36-22)14-4-5-14)27(40)42-28-7-6-13(9-28)10-37(28)23-15(26(38)39)8-18-21(35-12-44-18)25(23)41-11-29(32,33)34/h1-3,8,12-14H,4-7,9-11H2,(H,38,39)/t13-,28-/m0/s1. The quantitative estimate of drug-likeness (QED) is 0.187. The van der Waals surface area contributed by atoms with Crippen molar-refractivity contribution in [3.05, 3.63) is 56.7 Å². The summed E-state index contributed by atoms with van der Waals surface area (Å²) in [5, 5.41) is 14.9. The molecule has 0 unspecified atom stereocenters. The van der Waals surface area contributed by atoms with Gasteiger partial charge in [-0.25, -0.2) is 14.6 Å². The van der Waals surface area contributed by atoms with Gasteiger partial charge in [-0.05, 0) is 43.4 Å². The molecule has 2 aliphatic carbocycles. The summed E-state index contributed by atoms with van der Waals surface area (Å²) in [6.07, 6.45) is -1.84. The summed E-state index contributed by atoms with van der Waals surface area (Å²) in [7, 11) is 0. The number of fused-ring (bicyclic) bond motifs is 3. The molecule has 2 saturated carbocycles. The molecular weight excluding hydrogens is 646 g/mol. The molecule has 2 atom stereocenters. The Kier molecular flexibility index (Phi) is 6.98. The Morgan fingerprint density at radius 2 is 1.95 bits per heavy atom. The third-order valence-corrected chi connectivity index (χ3v) is 9.68. The number of alkyl halides is 3. The van der Waals surface area contributed by atoms with Crippen LogP contribution in [0.4, 0.5) is 18.9 Å². The van der Waals surface area contributed by atoms with Gasteiger partial charge in [0.1, 0.15) is 16.8 Å². The minimum Gasteiger partial charge on any atom is -0.480 e. The molecule has 3 fully saturated rings. The lowest BCUT2D eigenvalue weighted by atomic mass is 10.0. The number of nitrogens with zero attached hydrogens (tertiary/aromatic N) is 3. The van der Waals surface area contributed by atoms with Crippen molar-refractivity contribution < 1.29 is 41.9 Å². The molecule has 2 aromatic heterocycles. The molecule has 4 aromatic rings. The SMILES string of the molecule is O=C(O)c1cc2scnc2c(OCC(F)(F)F)c1N1C[C@H]2CC[C@]1(OC(=O)c1c(-c3c(Cl)cccc3Cl)noc1C1CC1)C2. The first kappa shape index (κ1) is 29.2. The number of anilines is 1. The zero-order chi connectivity index (χ0) is 31.0. The van der Waals surface area contributed by atoms with Crippen LogP contribution in [-0.4, -0.2) is 52.2 Å². The number of carboxylic acids is 1. The predicted molar refractivity (Wildman–Crippen MR) is 155 cm³/mol. The van der Waals surface area contributed by atoms with Crippen LogP contribution in [0.2, 0.25) is 10.0 Å². The number of aromatic carboxylic acids is 1. The van der Waals surface area contributed by atoms with Crippen LogP contribution >= 0.6 is 34.5 Å². The number of esters is 1. The molecule has 15 heteroatoms. The van der Waals surface area contributed by atoms with Gasteiger partial charge in [0.25, 0.3) is 0 Å². The van der Waals surface area contributed by atoms with Gasteiger partial charge >= 0.3 is 18.1 Å². The molecule has 1 N–H and O–H groups in total. The number of thiazole rings is 1. The fourth-order valence-corrected chi connectivity index (χ4v) is 7.57. The van der Waals surface area contributed by atoms with Crippen molar-refractivity contribution in [3.8, 4) is 17.0 Å². The summed E-state index contributed by atoms with van der Waals surface area (Å²) < 4.78 is 57.6. The van der Waals surface area contributed by atoms with Gasteiger partial charge in [-0.2, -0.15) is 13.2 Å². The highest BCUT2D eigenvalue weighted by atomic mass is 35.5. The van der Waals surface area contributed by atoms with E-state index in [0.29, 0.717) is 35.3 Å². The van der Waals surface area contributed by atoms with Crippen LogP contribution in [-0.2, 0) is 4.74 Å². The smallest absolute Gasteiger partial charge is 0.422 e. The lowest BCUT2D eigenvalue weighted by molar-refractivity contribution is -0.153. The van der Waals surface area contributed by atoms with Crippen LogP contribution < -0.4 is 9.64 Å². The van der Waals surface area contributed by atoms with E-state index < -0.39 is 30.4 Å². The highest BCUT2D eigenvalue weighted by molar-refractivity contribution is 7.16. The van der Waals surface area contributed by atoms with E-state index in [9.17, 15) is 27.9 Å². The number of ether oxygens (including phenoxy) is 2. The average Bonchev–Trinajstić information content (AvgIpc) is 3.27. The maximum absolute atomic E-state index is 14.2. The van der Waals surface area contributed by atoms with Gasteiger partial charge in [-0.15, -0.1) is 11.3 Å². The van der Waals surface area contributed by atoms with Gasteiger partial charge in [0.05, 0.1) is 31.5 Å². The topological polar surface area (TPSA) is 115 Å². The zero-order valence-electron chi connectivity index (χ0n) is 22.6. The van der Waals surface area contributed by atoms with Crippen LogP contribution in [0.5, 0.6) is 5.75 Å². The minimum atomic E-state index is -4.70. The van der Waals surface area contributed by atoms with E-state index >= 15 is 0 Å². The van der Waals surface area contributed by atoms with E-state index in [4.69, 9.17) is 37.2 Å². The first-order valence-corrected chi connectivity index (χ1v) is 15.4. The molecule has 0 amide bonds. The van der Waals surface area contributed by atoms with Crippen molar-refractivity contribution in [3.63, 3.8) is 0 Å². The summed E-state index contributed by atoms with van der Waals surface area (Å²) in [5.41, 5.74) is 0.195. The number of hydrogen-bond donors (Lipinski definition) is 1. The lowest BCUT2D eigenvalue weighted by Crippen LogP contribution is -2.49. The van der Waals surface area contributed by atoms with Crippen LogP contribution in [0.25, 0.3) is 21.5 Å². The van der Waals surface area contributed by atoms with Crippen molar-refractivity contribution in [2.45, 2.75) is 49.9 Å². The van der Waals surface area contributed by atoms with Crippen molar-refractivity contribution in [2.75, 3.05) is 18.1 Å². The van der Waals surface area contributed by atoms with Gasteiger partial charge in [0.15, 0.2) is 23.8 Å². The first-order chi connectivity index (χ1) is 21.0. The Labute approximate surface area is 261 Å². The van der Waals surface area contributed by atoms with Gasteiger partial charge < -0.3 is 24.0 Å². The van der Waals surface area contributed by atoms with Gasteiger partial charge in [-0.3, -0.25) is 0 Å². The molecule has 7 rings (SSSR count). The maximum Gasteiger partial charge on any atom is 0.422 e. The molecule has 230 valence electrons.